The number of carbonyl (C=O) groups is 2. The summed E-state index contributed by atoms with van der Waals surface area (Å²) < 4.78 is 0. The quantitative estimate of drug-likeness (QED) is 0.250. The summed E-state index contributed by atoms with van der Waals surface area (Å²) in [5, 5.41) is 8.25. The molecule has 0 aromatic heterocycles. The largest absolute Gasteiger partial charge is 0.273 e. The van der Waals surface area contributed by atoms with Gasteiger partial charge in [-0.1, -0.05) is 53.4 Å². The Labute approximate surface area is 159 Å². The van der Waals surface area contributed by atoms with E-state index in [1.165, 1.54) is 0 Å². The smallest absolute Gasteiger partial charge is 0.240 e. The van der Waals surface area contributed by atoms with Crippen molar-refractivity contribution in [1.82, 2.24) is 10.9 Å². The Morgan fingerprint density at radius 3 is 1.19 bits per heavy atom. The molecule has 0 aromatic rings. The van der Waals surface area contributed by atoms with Crippen molar-refractivity contribution < 1.29 is 9.59 Å². The molecule has 2 N–H and O–H groups in total. The molecular weight excluding hydrogens is 328 g/mol. The van der Waals surface area contributed by atoms with E-state index in [-0.39, 0.29) is 11.8 Å². The summed E-state index contributed by atoms with van der Waals surface area (Å²) in [6.07, 6.45) is 10.6. The molecule has 0 bridgehead atoms. The zero-order valence-electron chi connectivity index (χ0n) is 17.2. The van der Waals surface area contributed by atoms with Crippen LogP contribution < -0.4 is 10.9 Å². The second kappa shape index (κ2) is 16.7. The lowest BCUT2D eigenvalue weighted by Gasteiger charge is -2.04. The Hall–Kier alpha value is -1.72. The first-order valence-corrected chi connectivity index (χ1v) is 10.3. The van der Waals surface area contributed by atoms with Crippen molar-refractivity contribution in [2.45, 2.75) is 105 Å². The van der Waals surface area contributed by atoms with E-state index in [0.29, 0.717) is 12.8 Å². The average molecular weight is 367 g/mol. The molecule has 2 amide bonds. The number of carbonyl (C=O) groups excluding carboxylic acids is 2. The first-order valence-electron chi connectivity index (χ1n) is 10.3. The number of hydrogen-bond donors (Lipinski definition) is 2. The van der Waals surface area contributed by atoms with Crippen molar-refractivity contribution >= 4 is 23.2 Å². The molecule has 0 aliphatic rings. The van der Waals surface area contributed by atoms with Crippen LogP contribution in [-0.4, -0.2) is 23.2 Å². The number of hydrazone groups is 2. The minimum Gasteiger partial charge on any atom is -0.273 e. The Morgan fingerprint density at radius 1 is 0.577 bits per heavy atom. The van der Waals surface area contributed by atoms with Gasteiger partial charge in [-0.3, -0.25) is 9.59 Å². The van der Waals surface area contributed by atoms with E-state index in [1.54, 1.807) is 0 Å². The summed E-state index contributed by atoms with van der Waals surface area (Å²) in [6, 6.07) is 0. The van der Waals surface area contributed by atoms with E-state index in [2.05, 4.69) is 21.1 Å². The molecule has 6 nitrogen and oxygen atoms in total. The van der Waals surface area contributed by atoms with Crippen LogP contribution in [0.3, 0.4) is 0 Å². The minimum atomic E-state index is 0.000142. The molecule has 0 aliphatic heterocycles. The molecular formula is C20H38N4O2. The van der Waals surface area contributed by atoms with Gasteiger partial charge in [0.05, 0.1) is 0 Å². The zero-order chi connectivity index (χ0) is 19.6. The third kappa shape index (κ3) is 13.6. The van der Waals surface area contributed by atoms with Crippen LogP contribution in [0.2, 0.25) is 0 Å². The molecule has 0 atom stereocenters. The Balaban J connectivity index is 3.59. The Bertz CT molecular complexity index is 405. The number of amides is 2. The lowest BCUT2D eigenvalue weighted by molar-refractivity contribution is -0.122. The first kappa shape index (κ1) is 24.3. The van der Waals surface area contributed by atoms with E-state index < -0.39 is 0 Å². The fourth-order valence-electron chi connectivity index (χ4n) is 2.49. The lowest BCUT2D eigenvalue weighted by Crippen LogP contribution is -2.19. The lowest BCUT2D eigenvalue weighted by atomic mass is 10.1. The summed E-state index contributed by atoms with van der Waals surface area (Å²) >= 11 is 0. The van der Waals surface area contributed by atoms with Gasteiger partial charge in [-0.25, -0.2) is 10.9 Å². The standard InChI is InChI=1S/C20H38N4O2/c1-5-17(6-2)21-23-19(25)15-13-11-9-10-12-14-16-20(26)24-22-18(7-3)8-4/h5-16H2,1-4H3,(H,23,25)(H,24,26). The molecule has 0 aromatic carbocycles. The Morgan fingerprint density at radius 2 is 0.885 bits per heavy atom. The van der Waals surface area contributed by atoms with Gasteiger partial charge in [0.2, 0.25) is 11.8 Å². The van der Waals surface area contributed by atoms with Gasteiger partial charge in [-0.15, -0.1) is 0 Å². The van der Waals surface area contributed by atoms with Gasteiger partial charge in [-0.05, 0) is 38.5 Å². The topological polar surface area (TPSA) is 82.9 Å². The Kier molecular flexibility index (Phi) is 15.6. The SMILES string of the molecule is CCC(CC)=NNC(=O)CCCCCCCCC(=O)NN=C(CC)CC. The maximum atomic E-state index is 11.7. The molecule has 0 rings (SSSR count). The minimum absolute atomic E-state index is 0.000142. The summed E-state index contributed by atoms with van der Waals surface area (Å²) in [7, 11) is 0. The van der Waals surface area contributed by atoms with Crippen molar-refractivity contribution in [2.75, 3.05) is 0 Å². The van der Waals surface area contributed by atoms with Gasteiger partial charge < -0.3 is 0 Å². The summed E-state index contributed by atoms with van der Waals surface area (Å²) in [5.41, 5.74) is 7.30. The predicted molar refractivity (Wildman–Crippen MR) is 109 cm³/mol. The first-order chi connectivity index (χ1) is 12.6. The molecule has 0 saturated carbocycles. The monoisotopic (exact) mass is 366 g/mol. The van der Waals surface area contributed by atoms with Gasteiger partial charge >= 0.3 is 0 Å². The zero-order valence-corrected chi connectivity index (χ0v) is 17.2. The average Bonchev–Trinajstić information content (AvgIpc) is 2.65. The van der Waals surface area contributed by atoms with Crippen LogP contribution in [0.1, 0.15) is 105 Å². The molecule has 0 spiro atoms. The molecule has 0 radical (unpaired) electrons. The van der Waals surface area contributed by atoms with Gasteiger partial charge in [-0.2, -0.15) is 10.2 Å². The van der Waals surface area contributed by atoms with Gasteiger partial charge in [0.1, 0.15) is 0 Å². The third-order valence-electron chi connectivity index (χ3n) is 4.37. The highest BCUT2D eigenvalue weighted by Crippen LogP contribution is 2.08. The molecule has 0 unspecified atom stereocenters. The van der Waals surface area contributed by atoms with Crippen LogP contribution in [0.25, 0.3) is 0 Å². The maximum absolute atomic E-state index is 11.7. The predicted octanol–water partition coefficient (Wildman–Crippen LogP) is 4.69. The molecule has 150 valence electrons. The maximum Gasteiger partial charge on any atom is 0.240 e. The van der Waals surface area contributed by atoms with Gasteiger partial charge in [0, 0.05) is 24.3 Å². The highest BCUT2D eigenvalue weighted by atomic mass is 16.2. The number of unbranched alkanes of at least 4 members (excludes halogenated alkanes) is 5. The van der Waals surface area contributed by atoms with E-state index in [9.17, 15) is 9.59 Å². The van der Waals surface area contributed by atoms with Crippen LogP contribution in [0.4, 0.5) is 0 Å². The van der Waals surface area contributed by atoms with E-state index >= 15 is 0 Å². The highest BCUT2D eigenvalue weighted by Gasteiger charge is 2.02. The van der Waals surface area contributed by atoms with Gasteiger partial charge in [0.25, 0.3) is 0 Å². The van der Waals surface area contributed by atoms with E-state index in [0.717, 1.165) is 75.6 Å². The van der Waals surface area contributed by atoms with Crippen molar-refractivity contribution in [3.63, 3.8) is 0 Å². The number of rotatable bonds is 15. The van der Waals surface area contributed by atoms with Gasteiger partial charge in [0.15, 0.2) is 0 Å². The van der Waals surface area contributed by atoms with Crippen LogP contribution in [0.5, 0.6) is 0 Å². The fourth-order valence-corrected chi connectivity index (χ4v) is 2.49. The second-order valence-corrected chi connectivity index (χ2v) is 6.46. The molecule has 0 aliphatic carbocycles. The summed E-state index contributed by atoms with van der Waals surface area (Å²) in [6.45, 7) is 8.16. The van der Waals surface area contributed by atoms with Crippen molar-refractivity contribution in [2.24, 2.45) is 10.2 Å². The number of nitrogens with one attached hydrogen (secondary N) is 2. The van der Waals surface area contributed by atoms with Crippen LogP contribution in [0, 0.1) is 0 Å². The van der Waals surface area contributed by atoms with Crippen LogP contribution in [-0.2, 0) is 9.59 Å². The highest BCUT2D eigenvalue weighted by molar-refractivity contribution is 5.86. The van der Waals surface area contributed by atoms with Crippen molar-refractivity contribution in [1.29, 1.82) is 0 Å². The van der Waals surface area contributed by atoms with Crippen LogP contribution >= 0.6 is 0 Å². The fraction of sp³-hybridized carbons (Fsp3) is 0.800. The number of nitrogens with zero attached hydrogens (tertiary/aromatic N) is 2. The molecule has 6 heteroatoms. The van der Waals surface area contributed by atoms with E-state index in [4.69, 9.17) is 0 Å². The van der Waals surface area contributed by atoms with Crippen molar-refractivity contribution in [3.8, 4) is 0 Å². The van der Waals surface area contributed by atoms with Crippen molar-refractivity contribution in [3.05, 3.63) is 0 Å². The summed E-state index contributed by atoms with van der Waals surface area (Å²) in [5.74, 6) is 0.000284. The number of hydrogen-bond acceptors (Lipinski definition) is 4. The third-order valence-corrected chi connectivity index (χ3v) is 4.37. The van der Waals surface area contributed by atoms with Crippen LogP contribution in [0.15, 0.2) is 10.2 Å². The molecule has 0 heterocycles. The molecule has 0 saturated heterocycles. The molecule has 0 fully saturated rings. The normalized spacial score (nSPS) is 10.2. The second-order valence-electron chi connectivity index (χ2n) is 6.46. The van der Waals surface area contributed by atoms with E-state index in [1.807, 2.05) is 27.7 Å². The summed E-state index contributed by atoms with van der Waals surface area (Å²) in [4.78, 5) is 23.3. The molecule has 26 heavy (non-hydrogen) atoms.